The van der Waals surface area contributed by atoms with E-state index in [1.54, 1.807) is 0 Å². The Kier molecular flexibility index (Phi) is 29.2. The van der Waals surface area contributed by atoms with Crippen LogP contribution in [0.3, 0.4) is 0 Å². The minimum Gasteiger partial charge on any atom is -0.462 e. The number of aliphatic hydroxyl groups excluding tert-OH is 1. The maximum absolute atomic E-state index is 12.0. The Morgan fingerprint density at radius 3 is 1.54 bits per heavy atom. The molecule has 0 fully saturated rings. The molecule has 39 heavy (non-hydrogen) atoms. The molecule has 0 radical (unpaired) electrons. The van der Waals surface area contributed by atoms with Crippen LogP contribution in [0.1, 0.15) is 149 Å². The predicted molar refractivity (Wildman–Crippen MR) is 164 cm³/mol. The molecule has 0 amide bonds. The number of ether oxygens (including phenoxy) is 2. The number of unbranched alkanes of at least 4 members (excludes halogenated alkanes) is 14. The van der Waals surface area contributed by atoms with Gasteiger partial charge in [-0.05, 0) is 57.8 Å². The molecule has 0 saturated carbocycles. The Hall–Kier alpha value is -1.88. The molecule has 0 aliphatic carbocycles. The molecular formula is C34H60O5. The van der Waals surface area contributed by atoms with Crippen molar-refractivity contribution in [1.29, 1.82) is 0 Å². The third kappa shape index (κ3) is 28.9. The van der Waals surface area contributed by atoms with Crippen LogP contribution in [0, 0.1) is 0 Å². The molecule has 0 bridgehead atoms. The summed E-state index contributed by atoms with van der Waals surface area (Å²) in [6.07, 6.45) is 34.8. The first-order valence-electron chi connectivity index (χ1n) is 16.0. The summed E-state index contributed by atoms with van der Waals surface area (Å²) in [4.78, 5) is 24.0. The molecule has 0 unspecified atom stereocenters. The molecule has 5 nitrogen and oxygen atoms in total. The minimum atomic E-state index is -0.777. The molecule has 1 N–H and O–H groups in total. The van der Waals surface area contributed by atoms with E-state index in [9.17, 15) is 14.7 Å². The molecule has 0 aromatic rings. The smallest absolute Gasteiger partial charge is 0.306 e. The second-order valence-corrected chi connectivity index (χ2v) is 10.5. The van der Waals surface area contributed by atoms with Crippen LogP contribution in [-0.4, -0.2) is 36.4 Å². The first-order valence-corrected chi connectivity index (χ1v) is 16.0. The summed E-state index contributed by atoms with van der Waals surface area (Å²) in [6, 6.07) is 0. The lowest BCUT2D eigenvalue weighted by Gasteiger charge is -2.15. The van der Waals surface area contributed by atoms with Crippen LogP contribution in [0.2, 0.25) is 0 Å². The lowest BCUT2D eigenvalue weighted by molar-refractivity contribution is -0.161. The Labute approximate surface area is 240 Å². The molecule has 0 spiro atoms. The van der Waals surface area contributed by atoms with E-state index in [2.05, 4.69) is 50.3 Å². The first kappa shape index (κ1) is 37.1. The molecule has 0 aliphatic heterocycles. The van der Waals surface area contributed by atoms with Crippen LogP contribution in [0.5, 0.6) is 0 Å². The van der Waals surface area contributed by atoms with Crippen LogP contribution in [0.15, 0.2) is 36.5 Å². The van der Waals surface area contributed by atoms with Gasteiger partial charge in [0.1, 0.15) is 6.61 Å². The average molecular weight is 549 g/mol. The molecular weight excluding hydrogens is 488 g/mol. The monoisotopic (exact) mass is 548 g/mol. The molecule has 5 heteroatoms. The molecule has 0 aromatic carbocycles. The summed E-state index contributed by atoms with van der Waals surface area (Å²) >= 11 is 0. The van der Waals surface area contributed by atoms with E-state index in [0.29, 0.717) is 12.8 Å². The van der Waals surface area contributed by atoms with Gasteiger partial charge in [-0.2, -0.15) is 0 Å². The van der Waals surface area contributed by atoms with Gasteiger partial charge >= 0.3 is 11.9 Å². The van der Waals surface area contributed by atoms with Gasteiger partial charge in [0.25, 0.3) is 0 Å². The van der Waals surface area contributed by atoms with Gasteiger partial charge in [-0.3, -0.25) is 9.59 Å². The summed E-state index contributed by atoms with van der Waals surface area (Å²) in [5, 5.41) is 9.47. The summed E-state index contributed by atoms with van der Waals surface area (Å²) in [5.74, 6) is -0.623. The molecule has 0 saturated heterocycles. The Bertz CT molecular complexity index is 637. The van der Waals surface area contributed by atoms with Crippen molar-refractivity contribution in [3.63, 3.8) is 0 Å². The lowest BCUT2D eigenvalue weighted by Crippen LogP contribution is -2.28. The average Bonchev–Trinajstić information content (AvgIpc) is 2.94. The number of carbonyl (C=O) groups excluding carboxylic acids is 2. The van der Waals surface area contributed by atoms with Gasteiger partial charge in [0, 0.05) is 12.8 Å². The quantitative estimate of drug-likeness (QED) is 0.0599. The first-order chi connectivity index (χ1) is 19.1. The van der Waals surface area contributed by atoms with Gasteiger partial charge in [0.05, 0.1) is 6.61 Å². The Balaban J connectivity index is 3.64. The van der Waals surface area contributed by atoms with Crippen molar-refractivity contribution >= 4 is 11.9 Å². The third-order valence-electron chi connectivity index (χ3n) is 6.66. The van der Waals surface area contributed by atoms with Crippen LogP contribution < -0.4 is 0 Å². The van der Waals surface area contributed by atoms with Crippen molar-refractivity contribution in [1.82, 2.24) is 0 Å². The van der Waals surface area contributed by atoms with E-state index < -0.39 is 6.10 Å². The Morgan fingerprint density at radius 1 is 0.590 bits per heavy atom. The Morgan fingerprint density at radius 2 is 1.03 bits per heavy atom. The molecule has 1 atom stereocenters. The summed E-state index contributed by atoms with van der Waals surface area (Å²) in [6.45, 7) is 4.01. The SMILES string of the molecule is CCCC/C=C/C/C=C/CCCCCCCC(=O)OC[C@H](CO)OC(=O)CCCCCCC/C=C/CCCC. The number of hydrogen-bond donors (Lipinski definition) is 1. The van der Waals surface area contributed by atoms with E-state index >= 15 is 0 Å². The van der Waals surface area contributed by atoms with Crippen LogP contribution in [0.4, 0.5) is 0 Å². The topological polar surface area (TPSA) is 72.8 Å². The number of allylic oxidation sites excluding steroid dienone is 6. The zero-order valence-corrected chi connectivity index (χ0v) is 25.4. The zero-order chi connectivity index (χ0) is 28.7. The normalized spacial score (nSPS) is 12.6. The molecule has 0 rings (SSSR count). The van der Waals surface area contributed by atoms with Crippen molar-refractivity contribution < 1.29 is 24.2 Å². The summed E-state index contributed by atoms with van der Waals surface area (Å²) in [5.41, 5.74) is 0. The van der Waals surface area contributed by atoms with Crippen molar-refractivity contribution in [2.45, 2.75) is 155 Å². The van der Waals surface area contributed by atoms with E-state index in [1.165, 1.54) is 64.2 Å². The van der Waals surface area contributed by atoms with E-state index in [1.807, 2.05) is 0 Å². The molecule has 0 heterocycles. The highest BCUT2D eigenvalue weighted by atomic mass is 16.6. The number of rotatable bonds is 28. The highest BCUT2D eigenvalue weighted by Gasteiger charge is 2.16. The predicted octanol–water partition coefficient (Wildman–Crippen LogP) is 9.33. The van der Waals surface area contributed by atoms with E-state index in [4.69, 9.17) is 9.47 Å². The van der Waals surface area contributed by atoms with Crippen LogP contribution in [-0.2, 0) is 19.1 Å². The largest absolute Gasteiger partial charge is 0.462 e. The van der Waals surface area contributed by atoms with E-state index in [-0.39, 0.29) is 25.2 Å². The highest BCUT2D eigenvalue weighted by Crippen LogP contribution is 2.11. The second-order valence-electron chi connectivity index (χ2n) is 10.5. The number of aliphatic hydroxyl groups is 1. The lowest BCUT2D eigenvalue weighted by atomic mass is 10.1. The van der Waals surface area contributed by atoms with Gasteiger partial charge < -0.3 is 14.6 Å². The number of esters is 2. The fourth-order valence-corrected chi connectivity index (χ4v) is 4.14. The summed E-state index contributed by atoms with van der Waals surface area (Å²) in [7, 11) is 0. The van der Waals surface area contributed by atoms with E-state index in [0.717, 1.165) is 57.8 Å². The number of hydrogen-bond acceptors (Lipinski definition) is 5. The van der Waals surface area contributed by atoms with Gasteiger partial charge in [0.2, 0.25) is 0 Å². The zero-order valence-electron chi connectivity index (χ0n) is 25.4. The maximum atomic E-state index is 12.0. The maximum Gasteiger partial charge on any atom is 0.306 e. The second kappa shape index (κ2) is 30.7. The summed E-state index contributed by atoms with van der Waals surface area (Å²) < 4.78 is 10.5. The fraction of sp³-hybridized carbons (Fsp3) is 0.765. The standard InChI is InChI=1S/C34H60O5/c1-3-5-7-9-11-13-15-16-17-19-20-22-24-26-28-33(36)38-31-32(30-35)39-34(37)29-27-25-23-21-18-14-12-10-8-6-4-2/h9-12,15-16,32,35H,3-8,13-14,17-31H2,1-2H3/b11-9+,12-10+,16-15+/t32-/m0/s1. The highest BCUT2D eigenvalue weighted by molar-refractivity contribution is 5.70. The van der Waals surface area contributed by atoms with Crippen molar-refractivity contribution in [2.24, 2.45) is 0 Å². The third-order valence-corrected chi connectivity index (χ3v) is 6.66. The van der Waals surface area contributed by atoms with Crippen LogP contribution in [0.25, 0.3) is 0 Å². The number of carbonyl (C=O) groups is 2. The fourth-order valence-electron chi connectivity index (χ4n) is 4.14. The van der Waals surface area contributed by atoms with Crippen molar-refractivity contribution in [3.8, 4) is 0 Å². The molecule has 226 valence electrons. The van der Waals surface area contributed by atoms with Gasteiger partial charge in [-0.1, -0.05) is 115 Å². The molecule has 0 aromatic heterocycles. The minimum absolute atomic E-state index is 0.0764. The van der Waals surface area contributed by atoms with Gasteiger partial charge in [-0.25, -0.2) is 0 Å². The molecule has 0 aliphatic rings. The van der Waals surface area contributed by atoms with Gasteiger partial charge in [0.15, 0.2) is 6.10 Å². The van der Waals surface area contributed by atoms with Gasteiger partial charge in [-0.15, -0.1) is 0 Å². The van der Waals surface area contributed by atoms with Crippen LogP contribution >= 0.6 is 0 Å². The van der Waals surface area contributed by atoms with Crippen molar-refractivity contribution in [3.05, 3.63) is 36.5 Å². The van der Waals surface area contributed by atoms with Crippen molar-refractivity contribution in [2.75, 3.05) is 13.2 Å².